The molecule has 1 heterocycles. The largest absolute Gasteiger partial charge is 0.452 e. The van der Waals surface area contributed by atoms with Gasteiger partial charge in [0.05, 0.1) is 23.8 Å². The molecule has 0 spiro atoms. The molecule has 0 unspecified atom stereocenters. The SMILES string of the molecule is Cc1cc(C)cc(N(CCC#N)C(=O)COC(=O)c2ccccc2SCc2nc(C)no2)c1. The number of amides is 1. The molecule has 0 fully saturated rings. The zero-order valence-electron chi connectivity index (χ0n) is 18.7. The van der Waals surface area contributed by atoms with Crippen LogP contribution in [0.25, 0.3) is 0 Å². The van der Waals surface area contributed by atoms with E-state index in [4.69, 9.17) is 14.5 Å². The third-order valence-corrected chi connectivity index (χ3v) is 5.68. The van der Waals surface area contributed by atoms with E-state index in [1.807, 2.05) is 38.1 Å². The van der Waals surface area contributed by atoms with Crippen molar-refractivity contribution < 1.29 is 18.8 Å². The third-order valence-electron chi connectivity index (χ3n) is 4.62. The van der Waals surface area contributed by atoms with Gasteiger partial charge in [-0.1, -0.05) is 23.4 Å². The summed E-state index contributed by atoms with van der Waals surface area (Å²) in [6.45, 7) is 5.39. The zero-order valence-corrected chi connectivity index (χ0v) is 19.5. The molecule has 0 radical (unpaired) electrons. The van der Waals surface area contributed by atoms with Gasteiger partial charge in [-0.05, 0) is 56.2 Å². The topological polar surface area (TPSA) is 109 Å². The van der Waals surface area contributed by atoms with Crippen LogP contribution in [-0.2, 0) is 15.3 Å². The monoisotopic (exact) mass is 464 g/mol. The van der Waals surface area contributed by atoms with Crippen molar-refractivity contribution in [2.75, 3.05) is 18.1 Å². The molecule has 0 aliphatic heterocycles. The van der Waals surface area contributed by atoms with Crippen molar-refractivity contribution >= 4 is 29.3 Å². The highest BCUT2D eigenvalue weighted by molar-refractivity contribution is 7.98. The van der Waals surface area contributed by atoms with Crippen molar-refractivity contribution in [2.24, 2.45) is 0 Å². The van der Waals surface area contributed by atoms with Crippen LogP contribution in [0.3, 0.4) is 0 Å². The van der Waals surface area contributed by atoms with Crippen LogP contribution < -0.4 is 4.90 Å². The van der Waals surface area contributed by atoms with Gasteiger partial charge in [-0.25, -0.2) is 4.79 Å². The summed E-state index contributed by atoms with van der Waals surface area (Å²) in [6, 6.07) is 14.8. The minimum Gasteiger partial charge on any atom is -0.452 e. The lowest BCUT2D eigenvalue weighted by molar-refractivity contribution is -0.121. The predicted molar refractivity (Wildman–Crippen MR) is 124 cm³/mol. The summed E-state index contributed by atoms with van der Waals surface area (Å²) in [5.74, 6) is 0.404. The van der Waals surface area contributed by atoms with E-state index in [1.54, 1.807) is 25.1 Å². The van der Waals surface area contributed by atoms with E-state index in [0.29, 0.717) is 33.6 Å². The van der Waals surface area contributed by atoms with Crippen molar-refractivity contribution in [1.82, 2.24) is 10.1 Å². The number of benzene rings is 2. The number of carbonyl (C=O) groups is 2. The summed E-state index contributed by atoms with van der Waals surface area (Å²) < 4.78 is 10.5. The predicted octanol–water partition coefficient (Wildman–Crippen LogP) is 4.39. The van der Waals surface area contributed by atoms with Crippen molar-refractivity contribution in [2.45, 2.75) is 37.8 Å². The summed E-state index contributed by atoms with van der Waals surface area (Å²) in [5.41, 5.74) is 3.02. The van der Waals surface area contributed by atoms with Crippen LogP contribution in [0.15, 0.2) is 51.9 Å². The van der Waals surface area contributed by atoms with Gasteiger partial charge < -0.3 is 14.2 Å². The summed E-state index contributed by atoms with van der Waals surface area (Å²) in [5, 5.41) is 12.7. The summed E-state index contributed by atoms with van der Waals surface area (Å²) in [7, 11) is 0. The number of hydrogen-bond donors (Lipinski definition) is 0. The van der Waals surface area contributed by atoms with Crippen molar-refractivity contribution in [3.05, 3.63) is 70.9 Å². The van der Waals surface area contributed by atoms with Gasteiger partial charge in [-0.15, -0.1) is 11.8 Å². The lowest BCUT2D eigenvalue weighted by Gasteiger charge is -2.22. The molecule has 2 aromatic carbocycles. The van der Waals surface area contributed by atoms with Crippen LogP contribution in [0, 0.1) is 32.1 Å². The van der Waals surface area contributed by atoms with Gasteiger partial charge in [0.15, 0.2) is 12.4 Å². The van der Waals surface area contributed by atoms with Gasteiger partial charge in [0.25, 0.3) is 5.91 Å². The second-order valence-corrected chi connectivity index (χ2v) is 8.41. The molecule has 3 aromatic rings. The Balaban J connectivity index is 1.68. The molecule has 33 heavy (non-hydrogen) atoms. The normalized spacial score (nSPS) is 10.5. The smallest absolute Gasteiger partial charge is 0.339 e. The van der Waals surface area contributed by atoms with Crippen LogP contribution >= 0.6 is 11.8 Å². The average molecular weight is 465 g/mol. The Morgan fingerprint density at radius 1 is 1.15 bits per heavy atom. The fourth-order valence-electron chi connectivity index (χ4n) is 3.25. The maximum Gasteiger partial charge on any atom is 0.339 e. The van der Waals surface area contributed by atoms with Gasteiger partial charge in [0.2, 0.25) is 5.89 Å². The van der Waals surface area contributed by atoms with Gasteiger partial charge in [0.1, 0.15) is 0 Å². The Bertz CT molecular complexity index is 1160. The fraction of sp³-hybridized carbons (Fsp3) is 0.292. The van der Waals surface area contributed by atoms with E-state index in [2.05, 4.69) is 16.2 Å². The highest BCUT2D eigenvalue weighted by Crippen LogP contribution is 2.26. The van der Waals surface area contributed by atoms with Crippen LogP contribution in [0.2, 0.25) is 0 Å². The molecule has 0 aliphatic carbocycles. The first-order chi connectivity index (χ1) is 15.9. The highest BCUT2D eigenvalue weighted by Gasteiger charge is 2.20. The minimum absolute atomic E-state index is 0.168. The first-order valence-electron chi connectivity index (χ1n) is 10.3. The highest BCUT2D eigenvalue weighted by atomic mass is 32.2. The van der Waals surface area contributed by atoms with Gasteiger partial charge in [-0.3, -0.25) is 4.79 Å². The molecule has 0 atom stereocenters. The number of hydrogen-bond acceptors (Lipinski definition) is 8. The molecular weight excluding hydrogens is 440 g/mol. The van der Waals surface area contributed by atoms with Gasteiger partial charge in [-0.2, -0.15) is 10.2 Å². The molecule has 170 valence electrons. The number of thioether (sulfide) groups is 1. The van der Waals surface area contributed by atoms with E-state index in [0.717, 1.165) is 11.1 Å². The van der Waals surface area contributed by atoms with Crippen molar-refractivity contribution in [1.29, 1.82) is 5.26 Å². The first-order valence-corrected chi connectivity index (χ1v) is 11.3. The Morgan fingerprint density at radius 2 is 1.88 bits per heavy atom. The molecule has 8 nitrogen and oxygen atoms in total. The van der Waals surface area contributed by atoms with E-state index in [1.165, 1.54) is 16.7 Å². The Hall–Kier alpha value is -3.64. The maximum atomic E-state index is 12.9. The molecule has 1 aromatic heterocycles. The lowest BCUT2D eigenvalue weighted by Crippen LogP contribution is -2.35. The molecule has 0 saturated heterocycles. The molecule has 9 heteroatoms. The van der Waals surface area contributed by atoms with Crippen LogP contribution in [0.5, 0.6) is 0 Å². The number of aromatic nitrogens is 2. The van der Waals surface area contributed by atoms with Gasteiger partial charge in [0, 0.05) is 17.1 Å². The fourth-order valence-corrected chi connectivity index (χ4v) is 4.13. The summed E-state index contributed by atoms with van der Waals surface area (Å²) in [4.78, 5) is 32.0. The Labute approximate surface area is 196 Å². The molecule has 0 aliphatic rings. The minimum atomic E-state index is -0.603. The van der Waals surface area contributed by atoms with E-state index in [-0.39, 0.29) is 13.0 Å². The number of rotatable bonds is 9. The van der Waals surface area contributed by atoms with Gasteiger partial charge >= 0.3 is 5.97 Å². The van der Waals surface area contributed by atoms with E-state index >= 15 is 0 Å². The lowest BCUT2D eigenvalue weighted by atomic mass is 10.1. The van der Waals surface area contributed by atoms with Crippen molar-refractivity contribution in [3.8, 4) is 6.07 Å². The van der Waals surface area contributed by atoms with Crippen molar-refractivity contribution in [3.63, 3.8) is 0 Å². The van der Waals surface area contributed by atoms with Crippen LogP contribution in [0.1, 0.15) is 39.6 Å². The number of ether oxygens (including phenoxy) is 1. The van der Waals surface area contributed by atoms with Crippen LogP contribution in [0.4, 0.5) is 5.69 Å². The van der Waals surface area contributed by atoms with E-state index < -0.39 is 18.5 Å². The second kappa shape index (κ2) is 11.3. The quantitative estimate of drug-likeness (QED) is 0.339. The molecule has 3 rings (SSSR count). The zero-order chi connectivity index (χ0) is 23.8. The molecule has 1 amide bonds. The van der Waals surface area contributed by atoms with Crippen LogP contribution in [-0.4, -0.2) is 35.2 Å². The summed E-state index contributed by atoms with van der Waals surface area (Å²) >= 11 is 1.37. The number of esters is 1. The maximum absolute atomic E-state index is 12.9. The summed E-state index contributed by atoms with van der Waals surface area (Å²) in [6.07, 6.45) is 0.168. The molecule has 0 saturated carbocycles. The molecule has 0 N–H and O–H groups in total. The molecular formula is C24H24N4O4S. The number of aryl methyl sites for hydroxylation is 3. The first kappa shape index (κ1) is 24.0. The number of carbonyl (C=O) groups excluding carboxylic acids is 2. The number of nitriles is 1. The number of nitrogens with zero attached hydrogens (tertiary/aromatic N) is 4. The Morgan fingerprint density at radius 3 is 2.55 bits per heavy atom. The third kappa shape index (κ3) is 6.67. The second-order valence-electron chi connectivity index (χ2n) is 7.40. The average Bonchev–Trinajstić information content (AvgIpc) is 3.21. The molecule has 0 bridgehead atoms. The van der Waals surface area contributed by atoms with E-state index in [9.17, 15) is 9.59 Å². The standard InChI is InChI=1S/C24H24N4O4S/c1-16-11-17(2)13-19(12-16)28(10-6-9-25)23(29)14-31-24(30)20-7-4-5-8-21(20)33-15-22-26-18(3)27-32-22/h4-5,7-8,11-13H,6,10,14-15H2,1-3H3. The number of anilines is 1. The Kier molecular flexibility index (Phi) is 8.22.